The Hall–Kier alpha value is -1.06. The average molecular weight is 308 g/mol. The molecule has 0 saturated heterocycles. The number of hydrogen-bond donors (Lipinski definition) is 1. The predicted octanol–water partition coefficient (Wildman–Crippen LogP) is 4.44. The summed E-state index contributed by atoms with van der Waals surface area (Å²) in [5, 5.41) is 5.89. The smallest absolute Gasteiger partial charge is 0.0642 e. The Morgan fingerprint density at radius 1 is 1.11 bits per heavy atom. The number of fused-ring (bicyclic) bond motifs is 1. The van der Waals surface area contributed by atoms with Crippen LogP contribution in [0.15, 0.2) is 40.9 Å². The van der Waals surface area contributed by atoms with E-state index in [1.807, 2.05) is 0 Å². The lowest BCUT2D eigenvalue weighted by Gasteiger charge is -2.12. The third-order valence-electron chi connectivity index (χ3n) is 2.74. The Labute approximate surface area is 116 Å². The van der Waals surface area contributed by atoms with E-state index in [0.29, 0.717) is 0 Å². The topological polar surface area (TPSA) is 21.3 Å². The van der Waals surface area contributed by atoms with E-state index in [1.54, 1.807) is 0 Å². The van der Waals surface area contributed by atoms with E-state index in [-0.39, 0.29) is 6.10 Å². The van der Waals surface area contributed by atoms with Crippen LogP contribution >= 0.6 is 15.9 Å². The van der Waals surface area contributed by atoms with Crippen LogP contribution in [0.4, 0.5) is 5.69 Å². The van der Waals surface area contributed by atoms with Crippen molar-refractivity contribution in [2.24, 2.45) is 0 Å². The van der Waals surface area contributed by atoms with Gasteiger partial charge in [-0.3, -0.25) is 0 Å². The minimum atomic E-state index is 0.286. The van der Waals surface area contributed by atoms with Crippen LogP contribution in [0.3, 0.4) is 0 Å². The molecular formula is C15H18BrNO. The van der Waals surface area contributed by atoms with Crippen LogP contribution < -0.4 is 5.32 Å². The van der Waals surface area contributed by atoms with E-state index in [0.717, 1.165) is 23.3 Å². The Morgan fingerprint density at radius 2 is 1.83 bits per heavy atom. The Balaban J connectivity index is 2.11. The lowest BCUT2D eigenvalue weighted by Crippen LogP contribution is -2.13. The molecule has 0 atom stereocenters. The molecule has 1 N–H and O–H groups in total. The summed E-state index contributed by atoms with van der Waals surface area (Å²) < 4.78 is 6.65. The first-order chi connectivity index (χ1) is 8.68. The third-order valence-corrected chi connectivity index (χ3v) is 3.43. The molecule has 2 aromatic rings. The number of ether oxygens (including phenoxy) is 1. The van der Waals surface area contributed by atoms with Crippen molar-refractivity contribution in [3.8, 4) is 0 Å². The zero-order chi connectivity index (χ0) is 13.0. The van der Waals surface area contributed by atoms with E-state index in [1.165, 1.54) is 10.8 Å². The highest BCUT2D eigenvalue weighted by Crippen LogP contribution is 2.29. The summed E-state index contributed by atoms with van der Waals surface area (Å²) in [6.07, 6.45) is 0.286. The van der Waals surface area contributed by atoms with E-state index >= 15 is 0 Å². The van der Waals surface area contributed by atoms with Gasteiger partial charge in [0.15, 0.2) is 0 Å². The van der Waals surface area contributed by atoms with Crippen LogP contribution in [-0.2, 0) is 4.74 Å². The second-order valence-electron chi connectivity index (χ2n) is 4.49. The molecule has 18 heavy (non-hydrogen) atoms. The summed E-state index contributed by atoms with van der Waals surface area (Å²) >= 11 is 3.58. The SMILES string of the molecule is CC(C)OCCNc1ccc(Br)c2ccccc12. The summed E-state index contributed by atoms with van der Waals surface area (Å²) in [4.78, 5) is 0. The second kappa shape index (κ2) is 6.21. The Bertz CT molecular complexity index is 525. The normalized spacial score (nSPS) is 11.1. The zero-order valence-corrected chi connectivity index (χ0v) is 12.3. The maximum Gasteiger partial charge on any atom is 0.0642 e. The van der Waals surface area contributed by atoms with E-state index in [4.69, 9.17) is 4.74 Å². The van der Waals surface area contributed by atoms with Crippen molar-refractivity contribution >= 4 is 32.4 Å². The van der Waals surface area contributed by atoms with Crippen molar-refractivity contribution in [3.05, 3.63) is 40.9 Å². The quantitative estimate of drug-likeness (QED) is 0.825. The third kappa shape index (κ3) is 3.24. The summed E-state index contributed by atoms with van der Waals surface area (Å²) in [5.74, 6) is 0. The molecule has 2 aromatic carbocycles. The van der Waals surface area contributed by atoms with E-state index in [2.05, 4.69) is 71.5 Å². The fourth-order valence-corrected chi connectivity index (χ4v) is 2.37. The number of hydrogen-bond acceptors (Lipinski definition) is 2. The molecule has 2 rings (SSSR count). The molecule has 0 unspecified atom stereocenters. The molecule has 2 nitrogen and oxygen atoms in total. The van der Waals surface area contributed by atoms with Gasteiger partial charge in [-0.25, -0.2) is 0 Å². The molecule has 0 aliphatic carbocycles. The number of rotatable bonds is 5. The molecule has 0 radical (unpaired) electrons. The Kier molecular flexibility index (Phi) is 4.61. The fraction of sp³-hybridized carbons (Fsp3) is 0.333. The first-order valence-electron chi connectivity index (χ1n) is 6.21. The van der Waals surface area contributed by atoms with Gasteiger partial charge < -0.3 is 10.1 Å². The van der Waals surface area contributed by atoms with Gasteiger partial charge in [-0.05, 0) is 31.4 Å². The summed E-state index contributed by atoms with van der Waals surface area (Å²) in [5.41, 5.74) is 1.15. The standard InChI is InChI=1S/C15H18BrNO/c1-11(2)18-10-9-17-15-8-7-14(16)12-5-3-4-6-13(12)15/h3-8,11,17H,9-10H2,1-2H3. The van der Waals surface area contributed by atoms with Gasteiger partial charge in [0.1, 0.15) is 0 Å². The number of halogens is 1. The molecule has 0 saturated carbocycles. The maximum atomic E-state index is 5.53. The first-order valence-corrected chi connectivity index (χ1v) is 7.00. The second-order valence-corrected chi connectivity index (χ2v) is 5.34. The van der Waals surface area contributed by atoms with Gasteiger partial charge in [-0.15, -0.1) is 0 Å². The highest BCUT2D eigenvalue weighted by molar-refractivity contribution is 9.10. The van der Waals surface area contributed by atoms with Gasteiger partial charge in [0, 0.05) is 22.1 Å². The molecule has 96 valence electrons. The number of anilines is 1. The average Bonchev–Trinajstić information content (AvgIpc) is 2.37. The van der Waals surface area contributed by atoms with Crippen LogP contribution in [0.5, 0.6) is 0 Å². The monoisotopic (exact) mass is 307 g/mol. The van der Waals surface area contributed by atoms with Crippen LogP contribution in [0.1, 0.15) is 13.8 Å². The van der Waals surface area contributed by atoms with Crippen molar-refractivity contribution in [3.63, 3.8) is 0 Å². The summed E-state index contributed by atoms with van der Waals surface area (Å²) in [6, 6.07) is 12.5. The molecule has 3 heteroatoms. The minimum Gasteiger partial charge on any atom is -0.382 e. The maximum absolute atomic E-state index is 5.53. The van der Waals surface area contributed by atoms with Crippen LogP contribution in [0.25, 0.3) is 10.8 Å². The highest BCUT2D eigenvalue weighted by Gasteiger charge is 2.03. The zero-order valence-electron chi connectivity index (χ0n) is 10.7. The molecule has 0 bridgehead atoms. The van der Waals surface area contributed by atoms with Crippen LogP contribution in [0, 0.1) is 0 Å². The van der Waals surface area contributed by atoms with Gasteiger partial charge in [0.05, 0.1) is 12.7 Å². The fourth-order valence-electron chi connectivity index (χ4n) is 1.90. The van der Waals surface area contributed by atoms with Crippen molar-refractivity contribution in [1.29, 1.82) is 0 Å². The molecule has 0 amide bonds. The predicted molar refractivity (Wildman–Crippen MR) is 81.2 cm³/mol. The molecular weight excluding hydrogens is 290 g/mol. The largest absolute Gasteiger partial charge is 0.382 e. The van der Waals surface area contributed by atoms with Crippen LogP contribution in [0.2, 0.25) is 0 Å². The van der Waals surface area contributed by atoms with E-state index < -0.39 is 0 Å². The lowest BCUT2D eigenvalue weighted by molar-refractivity contribution is 0.0871. The van der Waals surface area contributed by atoms with Crippen molar-refractivity contribution in [2.45, 2.75) is 20.0 Å². The Morgan fingerprint density at radius 3 is 2.56 bits per heavy atom. The summed E-state index contributed by atoms with van der Waals surface area (Å²) in [7, 11) is 0. The van der Waals surface area contributed by atoms with Gasteiger partial charge >= 0.3 is 0 Å². The number of benzene rings is 2. The van der Waals surface area contributed by atoms with Gasteiger partial charge in [0.2, 0.25) is 0 Å². The number of nitrogens with one attached hydrogen (secondary N) is 1. The van der Waals surface area contributed by atoms with Gasteiger partial charge in [-0.1, -0.05) is 40.2 Å². The molecule has 0 aromatic heterocycles. The van der Waals surface area contributed by atoms with Gasteiger partial charge in [0.25, 0.3) is 0 Å². The van der Waals surface area contributed by atoms with E-state index in [9.17, 15) is 0 Å². The molecule has 0 fully saturated rings. The van der Waals surface area contributed by atoms with Gasteiger partial charge in [-0.2, -0.15) is 0 Å². The lowest BCUT2D eigenvalue weighted by atomic mass is 10.1. The molecule has 0 heterocycles. The molecule has 0 spiro atoms. The highest BCUT2D eigenvalue weighted by atomic mass is 79.9. The summed E-state index contributed by atoms with van der Waals surface area (Å²) in [6.45, 7) is 5.65. The van der Waals surface area contributed by atoms with Crippen molar-refractivity contribution in [2.75, 3.05) is 18.5 Å². The molecule has 0 aliphatic rings. The van der Waals surface area contributed by atoms with Crippen molar-refractivity contribution < 1.29 is 4.74 Å². The van der Waals surface area contributed by atoms with Crippen molar-refractivity contribution in [1.82, 2.24) is 0 Å². The molecule has 0 aliphatic heterocycles. The first kappa shape index (κ1) is 13.4. The minimum absolute atomic E-state index is 0.286. The van der Waals surface area contributed by atoms with Crippen LogP contribution in [-0.4, -0.2) is 19.3 Å².